The largest absolute Gasteiger partial charge is 0.488 e. The summed E-state index contributed by atoms with van der Waals surface area (Å²) in [5, 5.41) is 3.13. The molecule has 0 saturated heterocycles. The molecule has 9 heteroatoms. The van der Waals surface area contributed by atoms with Crippen molar-refractivity contribution in [2.24, 2.45) is 0 Å². The van der Waals surface area contributed by atoms with Crippen molar-refractivity contribution in [2.75, 3.05) is 11.6 Å². The number of hydrogen-bond acceptors (Lipinski definition) is 7. The molecule has 0 bridgehead atoms. The van der Waals surface area contributed by atoms with E-state index in [0.29, 0.717) is 28.8 Å². The van der Waals surface area contributed by atoms with Crippen LogP contribution in [0.1, 0.15) is 11.1 Å². The Morgan fingerprint density at radius 1 is 1.00 bits per heavy atom. The lowest BCUT2D eigenvalue weighted by Crippen LogP contribution is -2.03. The minimum absolute atomic E-state index is 0.170. The Kier molecular flexibility index (Phi) is 6.60. The first-order valence-corrected chi connectivity index (χ1v) is 12.2. The number of ether oxygens (including phenoxy) is 1. The summed E-state index contributed by atoms with van der Waals surface area (Å²) in [4.78, 5) is 13.0. The monoisotopic (exact) mass is 463 g/mol. The van der Waals surface area contributed by atoms with E-state index < -0.39 is 9.73 Å². The standard InChI is InChI=1S/C24H22FN5O2S/c1-33(26,31)15-18-5-4-6-20(13-18)29-24-28-16-27-23(30-24)21-7-2-3-8-22(21)32-14-17-9-11-19(25)12-10-17/h2-13,16,26H,14-15H2,1H3,(H,27,28,29,30). The molecule has 0 radical (unpaired) electrons. The third kappa shape index (κ3) is 6.33. The van der Waals surface area contributed by atoms with E-state index in [2.05, 4.69) is 20.3 Å². The van der Waals surface area contributed by atoms with Gasteiger partial charge >= 0.3 is 0 Å². The van der Waals surface area contributed by atoms with Crippen molar-refractivity contribution in [3.63, 3.8) is 0 Å². The molecule has 1 unspecified atom stereocenters. The van der Waals surface area contributed by atoms with Crippen molar-refractivity contribution in [2.45, 2.75) is 12.4 Å². The van der Waals surface area contributed by atoms with Crippen LogP contribution in [0.2, 0.25) is 0 Å². The summed E-state index contributed by atoms with van der Waals surface area (Å²) in [5.41, 5.74) is 3.04. The molecule has 33 heavy (non-hydrogen) atoms. The molecule has 0 aliphatic carbocycles. The van der Waals surface area contributed by atoms with Gasteiger partial charge in [0.15, 0.2) is 5.82 Å². The summed E-state index contributed by atoms with van der Waals surface area (Å²) in [6.45, 7) is 0.275. The molecular formula is C24H22FN5O2S. The fourth-order valence-corrected chi connectivity index (χ4v) is 4.01. The van der Waals surface area contributed by atoms with Crippen LogP contribution in [0.25, 0.3) is 11.4 Å². The smallest absolute Gasteiger partial charge is 0.230 e. The number of para-hydroxylation sites is 1. The van der Waals surface area contributed by atoms with Crippen LogP contribution in [0.3, 0.4) is 0 Å². The lowest BCUT2D eigenvalue weighted by atomic mass is 10.2. The highest BCUT2D eigenvalue weighted by Crippen LogP contribution is 2.28. The fraction of sp³-hybridized carbons (Fsp3) is 0.125. The molecule has 0 amide bonds. The van der Waals surface area contributed by atoms with Gasteiger partial charge < -0.3 is 10.1 Å². The first kappa shape index (κ1) is 22.3. The molecule has 7 nitrogen and oxygen atoms in total. The number of hydrogen-bond donors (Lipinski definition) is 2. The average Bonchev–Trinajstić information content (AvgIpc) is 2.78. The zero-order valence-corrected chi connectivity index (χ0v) is 18.7. The van der Waals surface area contributed by atoms with Crippen LogP contribution >= 0.6 is 0 Å². The Morgan fingerprint density at radius 2 is 1.79 bits per heavy atom. The predicted molar refractivity (Wildman–Crippen MR) is 126 cm³/mol. The molecule has 1 aromatic heterocycles. The second-order valence-corrected chi connectivity index (χ2v) is 9.82. The Hall–Kier alpha value is -3.85. The Morgan fingerprint density at radius 3 is 2.58 bits per heavy atom. The predicted octanol–water partition coefficient (Wildman–Crippen LogP) is 5.18. The van der Waals surface area contributed by atoms with Crippen molar-refractivity contribution in [1.29, 1.82) is 4.78 Å². The van der Waals surface area contributed by atoms with E-state index in [1.54, 1.807) is 12.1 Å². The third-order valence-corrected chi connectivity index (χ3v) is 5.52. The number of halogens is 1. The number of anilines is 2. The maximum absolute atomic E-state index is 13.1. The minimum atomic E-state index is -2.64. The highest BCUT2D eigenvalue weighted by Gasteiger charge is 2.11. The lowest BCUT2D eigenvalue weighted by Gasteiger charge is -2.12. The van der Waals surface area contributed by atoms with Gasteiger partial charge in [0.25, 0.3) is 0 Å². The van der Waals surface area contributed by atoms with Gasteiger partial charge in [0.2, 0.25) is 5.95 Å². The van der Waals surface area contributed by atoms with E-state index in [-0.39, 0.29) is 18.2 Å². The van der Waals surface area contributed by atoms with Crippen LogP contribution in [-0.4, -0.2) is 25.4 Å². The molecule has 168 valence electrons. The van der Waals surface area contributed by atoms with Gasteiger partial charge in [-0.2, -0.15) is 4.98 Å². The zero-order chi connectivity index (χ0) is 23.3. The van der Waals surface area contributed by atoms with E-state index in [4.69, 9.17) is 9.52 Å². The van der Waals surface area contributed by atoms with Crippen LogP contribution in [0.5, 0.6) is 5.75 Å². The fourth-order valence-electron chi connectivity index (χ4n) is 3.19. The average molecular weight is 464 g/mol. The molecule has 1 heterocycles. The first-order chi connectivity index (χ1) is 15.9. The van der Waals surface area contributed by atoms with Crippen LogP contribution in [-0.2, 0) is 22.1 Å². The molecule has 0 saturated carbocycles. The van der Waals surface area contributed by atoms with Crippen LogP contribution < -0.4 is 10.1 Å². The maximum Gasteiger partial charge on any atom is 0.230 e. The summed E-state index contributed by atoms with van der Waals surface area (Å²) < 4.78 is 38.5. The zero-order valence-electron chi connectivity index (χ0n) is 17.9. The summed E-state index contributed by atoms with van der Waals surface area (Å²) in [7, 11) is -2.64. The van der Waals surface area contributed by atoms with Gasteiger partial charge in [-0.1, -0.05) is 36.4 Å². The highest BCUT2D eigenvalue weighted by molar-refractivity contribution is 7.90. The second kappa shape index (κ2) is 9.74. The lowest BCUT2D eigenvalue weighted by molar-refractivity contribution is 0.307. The molecule has 0 spiro atoms. The molecule has 0 fully saturated rings. The number of nitrogens with zero attached hydrogens (tertiary/aromatic N) is 3. The van der Waals surface area contributed by atoms with E-state index in [0.717, 1.165) is 11.1 Å². The van der Waals surface area contributed by atoms with E-state index in [9.17, 15) is 8.60 Å². The third-order valence-electron chi connectivity index (χ3n) is 4.63. The SMILES string of the molecule is CS(=N)(=O)Cc1cccc(Nc2ncnc(-c3ccccc3OCc3ccc(F)cc3)n2)c1. The van der Waals surface area contributed by atoms with Gasteiger partial charge in [-0.15, -0.1) is 0 Å². The van der Waals surface area contributed by atoms with Crippen molar-refractivity contribution >= 4 is 21.4 Å². The summed E-state index contributed by atoms with van der Waals surface area (Å²) in [6.07, 6.45) is 2.83. The van der Waals surface area contributed by atoms with Crippen LogP contribution in [0, 0.1) is 10.6 Å². The maximum atomic E-state index is 13.1. The summed E-state index contributed by atoms with van der Waals surface area (Å²) >= 11 is 0. The molecular weight excluding hydrogens is 441 g/mol. The van der Waals surface area contributed by atoms with E-state index >= 15 is 0 Å². The number of nitrogens with one attached hydrogen (secondary N) is 2. The molecule has 0 aliphatic heterocycles. The second-order valence-electron chi connectivity index (χ2n) is 7.52. The Balaban J connectivity index is 1.54. The normalized spacial score (nSPS) is 12.7. The van der Waals surface area contributed by atoms with Gasteiger partial charge in [0.1, 0.15) is 24.5 Å². The topological polar surface area (TPSA) is 101 Å². The molecule has 3 aromatic carbocycles. The van der Waals surface area contributed by atoms with Crippen LogP contribution in [0.15, 0.2) is 79.1 Å². The Bertz CT molecular complexity index is 1360. The minimum Gasteiger partial charge on any atom is -0.488 e. The number of rotatable bonds is 8. The van der Waals surface area contributed by atoms with Crippen molar-refractivity contribution in [3.05, 3.63) is 96.1 Å². The van der Waals surface area contributed by atoms with Crippen molar-refractivity contribution in [1.82, 2.24) is 15.0 Å². The van der Waals surface area contributed by atoms with E-state index in [1.165, 1.54) is 24.7 Å². The molecule has 4 aromatic rings. The quantitative estimate of drug-likeness (QED) is 0.374. The summed E-state index contributed by atoms with van der Waals surface area (Å²) in [5.74, 6) is 1.24. The van der Waals surface area contributed by atoms with Crippen molar-refractivity contribution in [3.8, 4) is 17.1 Å². The van der Waals surface area contributed by atoms with Gasteiger partial charge in [-0.3, -0.25) is 4.78 Å². The van der Waals surface area contributed by atoms with Crippen LogP contribution in [0.4, 0.5) is 16.0 Å². The Labute approximate surface area is 191 Å². The highest BCUT2D eigenvalue weighted by atomic mass is 32.2. The van der Waals surface area contributed by atoms with Gasteiger partial charge in [-0.05, 0) is 47.5 Å². The first-order valence-electron chi connectivity index (χ1n) is 10.1. The van der Waals surface area contributed by atoms with E-state index in [1.807, 2.05) is 48.5 Å². The molecule has 4 rings (SSSR count). The summed E-state index contributed by atoms with van der Waals surface area (Å²) in [6, 6.07) is 20.8. The number of aromatic nitrogens is 3. The number of benzene rings is 3. The van der Waals surface area contributed by atoms with Gasteiger partial charge in [0.05, 0.1) is 11.3 Å². The molecule has 1 atom stereocenters. The van der Waals surface area contributed by atoms with Gasteiger partial charge in [-0.25, -0.2) is 18.6 Å². The molecule has 0 aliphatic rings. The molecule has 2 N–H and O–H groups in total. The van der Waals surface area contributed by atoms with Crippen molar-refractivity contribution < 1.29 is 13.3 Å². The van der Waals surface area contributed by atoms with Gasteiger partial charge in [0, 0.05) is 21.7 Å².